The van der Waals surface area contributed by atoms with Crippen LogP contribution in [0, 0.1) is 0 Å². The van der Waals surface area contributed by atoms with Crippen molar-refractivity contribution in [1.29, 1.82) is 0 Å². The van der Waals surface area contributed by atoms with Gasteiger partial charge >= 0.3 is 0 Å². The topological polar surface area (TPSA) is 80.5 Å². The summed E-state index contributed by atoms with van der Waals surface area (Å²) in [5, 5.41) is 2.02. The van der Waals surface area contributed by atoms with Crippen LogP contribution in [0.4, 0.5) is 11.4 Å². The third-order valence-electron chi connectivity index (χ3n) is 6.49. The number of aromatic amines is 2. The zero-order valence-electron chi connectivity index (χ0n) is 18.1. The molecule has 0 amide bonds. The van der Waals surface area contributed by atoms with Gasteiger partial charge in [-0.2, -0.15) is 0 Å². The molecular weight excluding hydrogens is 424 g/mol. The highest BCUT2D eigenvalue weighted by molar-refractivity contribution is 7.17. The van der Waals surface area contributed by atoms with Crippen LogP contribution in [0.2, 0.25) is 0 Å². The molecule has 2 aliphatic heterocycles. The van der Waals surface area contributed by atoms with Crippen LogP contribution in [0.5, 0.6) is 0 Å². The molecule has 0 saturated carbocycles. The number of morpholine rings is 1. The highest BCUT2D eigenvalue weighted by Gasteiger charge is 2.25. The number of hydrogen-bond donors (Lipinski definition) is 2. The SMILES string of the molecule is CN1CCN(c2ccc3nc(-c4c(N5CCOCC5)c5sccc5[nH]c4=O)[nH]c3c2)CC1. The van der Waals surface area contributed by atoms with E-state index in [9.17, 15) is 4.79 Å². The van der Waals surface area contributed by atoms with E-state index in [-0.39, 0.29) is 5.56 Å². The minimum atomic E-state index is -0.115. The van der Waals surface area contributed by atoms with E-state index in [1.54, 1.807) is 11.3 Å². The number of imidazole rings is 1. The number of hydrogen-bond acceptors (Lipinski definition) is 7. The molecule has 0 atom stereocenters. The fourth-order valence-electron chi connectivity index (χ4n) is 4.68. The Bertz CT molecular complexity index is 1330. The Balaban J connectivity index is 1.46. The lowest BCUT2D eigenvalue weighted by atomic mass is 10.1. The van der Waals surface area contributed by atoms with Gasteiger partial charge in [-0.15, -0.1) is 11.3 Å². The van der Waals surface area contributed by atoms with Crippen LogP contribution in [0.3, 0.4) is 0 Å². The molecule has 0 unspecified atom stereocenters. The lowest BCUT2D eigenvalue weighted by Crippen LogP contribution is -2.44. The third kappa shape index (κ3) is 3.37. The van der Waals surface area contributed by atoms with E-state index in [2.05, 4.69) is 49.9 Å². The average Bonchev–Trinajstić information content (AvgIpc) is 3.45. The lowest BCUT2D eigenvalue weighted by molar-refractivity contribution is 0.123. The van der Waals surface area contributed by atoms with Crippen molar-refractivity contribution in [1.82, 2.24) is 19.9 Å². The quantitative estimate of drug-likeness (QED) is 0.500. The molecule has 2 saturated heterocycles. The van der Waals surface area contributed by atoms with Gasteiger partial charge in [0.2, 0.25) is 0 Å². The first-order chi connectivity index (χ1) is 15.7. The van der Waals surface area contributed by atoms with Gasteiger partial charge in [-0.1, -0.05) is 0 Å². The van der Waals surface area contributed by atoms with Crippen LogP contribution in [0.1, 0.15) is 0 Å². The van der Waals surface area contributed by atoms with Crippen LogP contribution < -0.4 is 15.4 Å². The average molecular weight is 451 g/mol. The summed E-state index contributed by atoms with van der Waals surface area (Å²) >= 11 is 1.65. The molecule has 5 heterocycles. The van der Waals surface area contributed by atoms with Gasteiger partial charge in [0, 0.05) is 45.0 Å². The Labute approximate surface area is 189 Å². The number of rotatable bonds is 3. The van der Waals surface area contributed by atoms with Crippen LogP contribution in [0.15, 0.2) is 34.4 Å². The number of nitrogens with zero attached hydrogens (tertiary/aromatic N) is 4. The van der Waals surface area contributed by atoms with Crippen molar-refractivity contribution in [3.8, 4) is 11.4 Å². The lowest BCUT2D eigenvalue weighted by Gasteiger charge is -2.34. The number of H-pyrrole nitrogens is 2. The minimum absolute atomic E-state index is 0.115. The number of thiophene rings is 1. The van der Waals surface area contributed by atoms with Crippen molar-refractivity contribution in [3.63, 3.8) is 0 Å². The van der Waals surface area contributed by atoms with Crippen molar-refractivity contribution >= 4 is 44.0 Å². The number of aromatic nitrogens is 3. The summed E-state index contributed by atoms with van der Waals surface area (Å²) in [6.07, 6.45) is 0. The summed E-state index contributed by atoms with van der Waals surface area (Å²) < 4.78 is 6.64. The molecule has 3 aromatic heterocycles. The molecule has 4 aromatic rings. The summed E-state index contributed by atoms with van der Waals surface area (Å²) in [5.74, 6) is 0.619. The first-order valence-corrected chi connectivity index (χ1v) is 12.0. The van der Waals surface area contributed by atoms with Gasteiger partial charge in [0.15, 0.2) is 0 Å². The maximum absolute atomic E-state index is 13.2. The van der Waals surface area contributed by atoms with Crippen molar-refractivity contribution in [2.45, 2.75) is 0 Å². The molecule has 32 heavy (non-hydrogen) atoms. The number of anilines is 2. The Morgan fingerprint density at radius 3 is 2.59 bits per heavy atom. The molecular formula is C23H26N6O2S. The van der Waals surface area contributed by atoms with Gasteiger partial charge in [0.1, 0.15) is 11.4 Å². The Hall–Kier alpha value is -2.88. The first kappa shape index (κ1) is 19.8. The number of fused-ring (bicyclic) bond motifs is 2. The molecule has 2 aliphatic rings. The highest BCUT2D eigenvalue weighted by atomic mass is 32.1. The van der Waals surface area contributed by atoms with Gasteiger partial charge in [-0.25, -0.2) is 4.98 Å². The largest absolute Gasteiger partial charge is 0.378 e. The molecule has 2 N–H and O–H groups in total. The second-order valence-electron chi connectivity index (χ2n) is 8.52. The fraction of sp³-hybridized carbons (Fsp3) is 0.391. The molecule has 0 radical (unpaired) electrons. The van der Waals surface area contributed by atoms with E-state index in [0.29, 0.717) is 24.6 Å². The summed E-state index contributed by atoms with van der Waals surface area (Å²) in [4.78, 5) is 31.6. The van der Waals surface area contributed by atoms with Crippen LogP contribution >= 0.6 is 11.3 Å². The molecule has 166 valence electrons. The maximum Gasteiger partial charge on any atom is 0.261 e. The van der Waals surface area contributed by atoms with E-state index < -0.39 is 0 Å². The number of piperazine rings is 1. The van der Waals surface area contributed by atoms with Crippen LogP contribution in [-0.2, 0) is 4.74 Å². The number of nitrogens with one attached hydrogen (secondary N) is 2. The second kappa shape index (κ2) is 7.91. The summed E-state index contributed by atoms with van der Waals surface area (Å²) in [5.41, 5.74) is 5.34. The normalized spacial score (nSPS) is 18.2. The summed E-state index contributed by atoms with van der Waals surface area (Å²) in [7, 11) is 2.16. The van der Waals surface area contributed by atoms with Gasteiger partial charge in [0.25, 0.3) is 5.56 Å². The molecule has 1 aromatic carbocycles. The van der Waals surface area contributed by atoms with Crippen molar-refractivity contribution in [3.05, 3.63) is 40.0 Å². The fourth-order valence-corrected chi connectivity index (χ4v) is 5.61. The Morgan fingerprint density at radius 2 is 1.78 bits per heavy atom. The molecule has 0 bridgehead atoms. The first-order valence-electron chi connectivity index (χ1n) is 11.1. The summed E-state index contributed by atoms with van der Waals surface area (Å²) in [6.45, 7) is 6.99. The van der Waals surface area contributed by atoms with Crippen LogP contribution in [0.25, 0.3) is 32.6 Å². The minimum Gasteiger partial charge on any atom is -0.378 e. The van der Waals surface area contributed by atoms with E-state index in [1.165, 1.54) is 5.69 Å². The van der Waals surface area contributed by atoms with Gasteiger partial charge in [0.05, 0.1) is 40.2 Å². The molecule has 6 rings (SSSR count). The predicted octanol–water partition coefficient (Wildman–Crippen LogP) is 2.72. The maximum atomic E-state index is 13.2. The smallest absolute Gasteiger partial charge is 0.261 e. The van der Waals surface area contributed by atoms with E-state index >= 15 is 0 Å². The van der Waals surface area contributed by atoms with E-state index in [1.807, 2.05) is 11.4 Å². The van der Waals surface area contributed by atoms with E-state index in [0.717, 1.165) is 66.2 Å². The Kier molecular flexibility index (Phi) is 4.89. The standard InChI is InChI=1S/C23H26N6O2S/c1-27-5-7-28(8-6-27)15-2-3-16-18(14-15)25-22(24-16)19-20(29-9-11-31-12-10-29)21-17(4-13-32-21)26-23(19)30/h2-4,13-14H,5-12H2,1H3,(H,24,25)(H,26,30). The van der Waals surface area contributed by atoms with Crippen molar-refractivity contribution < 1.29 is 4.74 Å². The molecule has 0 aliphatic carbocycles. The number of likely N-dealkylation sites (N-methyl/N-ethyl adjacent to an activating group) is 1. The van der Waals surface area contributed by atoms with E-state index in [4.69, 9.17) is 9.72 Å². The van der Waals surface area contributed by atoms with Gasteiger partial charge in [-0.05, 0) is 36.7 Å². The zero-order chi connectivity index (χ0) is 21.7. The molecule has 2 fully saturated rings. The van der Waals surface area contributed by atoms with Gasteiger partial charge in [-0.3, -0.25) is 4.79 Å². The van der Waals surface area contributed by atoms with Crippen molar-refractivity contribution in [2.24, 2.45) is 0 Å². The van der Waals surface area contributed by atoms with Gasteiger partial charge < -0.3 is 29.4 Å². The number of pyridine rings is 1. The Morgan fingerprint density at radius 1 is 0.969 bits per heavy atom. The summed E-state index contributed by atoms with van der Waals surface area (Å²) in [6, 6.07) is 8.31. The molecule has 0 spiro atoms. The second-order valence-corrected chi connectivity index (χ2v) is 9.43. The highest BCUT2D eigenvalue weighted by Crippen LogP contribution is 2.37. The monoisotopic (exact) mass is 450 g/mol. The number of benzene rings is 1. The number of ether oxygens (including phenoxy) is 1. The third-order valence-corrected chi connectivity index (χ3v) is 7.41. The molecule has 8 nitrogen and oxygen atoms in total. The predicted molar refractivity (Wildman–Crippen MR) is 130 cm³/mol. The zero-order valence-corrected chi connectivity index (χ0v) is 18.9. The molecule has 9 heteroatoms. The van der Waals surface area contributed by atoms with Crippen molar-refractivity contribution in [2.75, 3.05) is 69.3 Å². The van der Waals surface area contributed by atoms with Crippen LogP contribution in [-0.4, -0.2) is 79.4 Å².